The monoisotopic (exact) mass is 411 g/mol. The van der Waals surface area contributed by atoms with E-state index in [1.807, 2.05) is 19.1 Å². The topological polar surface area (TPSA) is 63.7 Å². The van der Waals surface area contributed by atoms with E-state index in [2.05, 4.69) is 20.7 Å². The summed E-state index contributed by atoms with van der Waals surface area (Å²) < 4.78 is 32.7. The highest BCUT2D eigenvalue weighted by atomic mass is 79.9. The van der Waals surface area contributed by atoms with Gasteiger partial charge in [0.2, 0.25) is 0 Å². The molecule has 0 aromatic heterocycles. The van der Waals surface area contributed by atoms with Gasteiger partial charge in [0, 0.05) is 4.47 Å². The number of hydrogen-bond acceptors (Lipinski definition) is 4. The third kappa shape index (κ3) is 3.96. The third-order valence-corrected chi connectivity index (χ3v) is 5.85. The van der Waals surface area contributed by atoms with E-state index in [1.165, 1.54) is 19.2 Å². The van der Waals surface area contributed by atoms with Gasteiger partial charge < -0.3 is 4.74 Å². The van der Waals surface area contributed by atoms with Crippen LogP contribution in [0.2, 0.25) is 0 Å². The predicted molar refractivity (Wildman–Crippen MR) is 96.5 cm³/mol. The lowest BCUT2D eigenvalue weighted by atomic mass is 10.1. The Hall–Kier alpha value is -1.86. The molecule has 0 aliphatic heterocycles. The maximum absolute atomic E-state index is 13.1. The fourth-order valence-corrected chi connectivity index (χ4v) is 3.98. The minimum Gasteiger partial charge on any atom is -0.468 e. The van der Waals surface area contributed by atoms with Crippen molar-refractivity contribution in [2.45, 2.75) is 18.2 Å². The number of methoxy groups -OCH3 is 1. The Morgan fingerprint density at radius 2 is 1.75 bits per heavy atom. The highest BCUT2D eigenvalue weighted by Gasteiger charge is 2.28. The largest absolute Gasteiger partial charge is 0.468 e. The van der Waals surface area contributed by atoms with Crippen LogP contribution in [-0.4, -0.2) is 28.0 Å². The van der Waals surface area contributed by atoms with Crippen molar-refractivity contribution in [1.82, 2.24) is 0 Å². The number of ether oxygens (including phenoxy) is 1. The van der Waals surface area contributed by atoms with Crippen molar-refractivity contribution in [3.05, 3.63) is 58.6 Å². The molecule has 0 bridgehead atoms. The predicted octanol–water partition coefficient (Wildman–Crippen LogP) is 3.38. The van der Waals surface area contributed by atoms with Crippen LogP contribution in [0.15, 0.2) is 57.9 Å². The maximum atomic E-state index is 13.1. The lowest BCUT2D eigenvalue weighted by Gasteiger charge is -2.25. The van der Waals surface area contributed by atoms with E-state index in [1.54, 1.807) is 24.3 Å². The number of halogens is 1. The summed E-state index contributed by atoms with van der Waals surface area (Å²) >= 11 is 3.29. The van der Waals surface area contributed by atoms with E-state index in [4.69, 9.17) is 0 Å². The number of para-hydroxylation sites is 1. The van der Waals surface area contributed by atoms with Gasteiger partial charge in [0.15, 0.2) is 0 Å². The van der Waals surface area contributed by atoms with Gasteiger partial charge in [-0.3, -0.25) is 9.10 Å². The first-order valence-corrected chi connectivity index (χ1v) is 9.56. The lowest BCUT2D eigenvalue weighted by molar-refractivity contribution is -0.138. The van der Waals surface area contributed by atoms with Crippen LogP contribution >= 0.6 is 15.9 Å². The normalized spacial score (nSPS) is 11.1. The van der Waals surface area contributed by atoms with Crippen molar-refractivity contribution < 1.29 is 17.9 Å². The number of carbonyl (C=O) groups excluding carboxylic acids is 1. The van der Waals surface area contributed by atoms with Crippen LogP contribution in [0.1, 0.15) is 12.5 Å². The Bertz CT molecular complexity index is 819. The summed E-state index contributed by atoms with van der Waals surface area (Å²) in [6, 6.07) is 13.4. The van der Waals surface area contributed by atoms with Crippen molar-refractivity contribution >= 4 is 37.6 Å². The number of nitrogens with zero attached hydrogens (tertiary/aromatic N) is 1. The molecule has 2 aromatic carbocycles. The molecule has 0 saturated carbocycles. The first-order chi connectivity index (χ1) is 11.4. The summed E-state index contributed by atoms with van der Waals surface area (Å²) in [5.74, 6) is -0.624. The van der Waals surface area contributed by atoms with Gasteiger partial charge in [-0.1, -0.05) is 41.1 Å². The number of aryl methyl sites for hydroxylation is 1. The second-order valence-corrected chi connectivity index (χ2v) is 7.80. The molecule has 0 fully saturated rings. The summed E-state index contributed by atoms with van der Waals surface area (Å²) in [6.45, 7) is 1.55. The first-order valence-electron chi connectivity index (χ1n) is 7.33. The Morgan fingerprint density at radius 3 is 2.33 bits per heavy atom. The maximum Gasteiger partial charge on any atom is 0.326 e. The van der Waals surface area contributed by atoms with Gasteiger partial charge >= 0.3 is 5.97 Å². The second-order valence-electron chi connectivity index (χ2n) is 5.02. The van der Waals surface area contributed by atoms with Gasteiger partial charge in [0.1, 0.15) is 6.54 Å². The molecule has 0 spiro atoms. The summed E-state index contributed by atoms with van der Waals surface area (Å²) in [5, 5.41) is 0. The molecule has 0 aliphatic rings. The highest BCUT2D eigenvalue weighted by molar-refractivity contribution is 9.10. The Morgan fingerprint density at radius 1 is 1.12 bits per heavy atom. The van der Waals surface area contributed by atoms with Gasteiger partial charge in [-0.15, -0.1) is 0 Å². The van der Waals surface area contributed by atoms with Gasteiger partial charge in [0.05, 0.1) is 17.7 Å². The number of benzene rings is 2. The molecule has 128 valence electrons. The third-order valence-electron chi connectivity index (χ3n) is 3.54. The number of carbonyl (C=O) groups is 1. The van der Waals surface area contributed by atoms with Crippen LogP contribution in [-0.2, 0) is 26.0 Å². The fraction of sp³-hybridized carbons (Fsp3) is 0.235. The van der Waals surface area contributed by atoms with E-state index < -0.39 is 16.0 Å². The number of esters is 1. The van der Waals surface area contributed by atoms with E-state index in [9.17, 15) is 13.2 Å². The smallest absolute Gasteiger partial charge is 0.326 e. The SMILES string of the molecule is CCc1ccccc1N(CC(=O)OC)S(=O)(=O)c1ccc(Br)cc1. The molecule has 0 N–H and O–H groups in total. The zero-order valence-corrected chi connectivity index (χ0v) is 15.8. The molecule has 5 nitrogen and oxygen atoms in total. The van der Waals surface area contributed by atoms with Crippen molar-refractivity contribution in [1.29, 1.82) is 0 Å². The fourth-order valence-electron chi connectivity index (χ4n) is 2.27. The minimum atomic E-state index is -3.90. The quantitative estimate of drug-likeness (QED) is 0.683. The van der Waals surface area contributed by atoms with E-state index in [0.717, 1.165) is 14.3 Å². The van der Waals surface area contributed by atoms with E-state index >= 15 is 0 Å². The van der Waals surface area contributed by atoms with Crippen LogP contribution in [0.25, 0.3) is 0 Å². The van der Waals surface area contributed by atoms with Crippen molar-refractivity contribution in [2.75, 3.05) is 18.0 Å². The Balaban J connectivity index is 2.57. The summed E-state index contributed by atoms with van der Waals surface area (Å²) in [5.41, 5.74) is 1.32. The molecule has 0 aliphatic carbocycles. The average Bonchev–Trinajstić information content (AvgIpc) is 2.59. The lowest BCUT2D eigenvalue weighted by Crippen LogP contribution is -2.37. The molecule has 0 heterocycles. The van der Waals surface area contributed by atoms with Crippen LogP contribution in [0.4, 0.5) is 5.69 Å². The molecule has 0 atom stereocenters. The summed E-state index contributed by atoms with van der Waals surface area (Å²) in [4.78, 5) is 11.9. The van der Waals surface area contributed by atoms with Crippen LogP contribution in [0, 0.1) is 0 Å². The molecule has 24 heavy (non-hydrogen) atoms. The van der Waals surface area contributed by atoms with Gasteiger partial charge in [0.25, 0.3) is 10.0 Å². The zero-order chi connectivity index (χ0) is 17.7. The standard InChI is InChI=1S/C17H18BrNO4S/c1-3-13-6-4-5-7-16(13)19(12-17(20)23-2)24(21,22)15-10-8-14(18)9-11-15/h4-11H,3,12H2,1-2H3. The van der Waals surface area contributed by atoms with Crippen molar-refractivity contribution in [3.8, 4) is 0 Å². The highest BCUT2D eigenvalue weighted by Crippen LogP contribution is 2.28. The molecular formula is C17H18BrNO4S. The Kier molecular flexibility index (Phi) is 6.01. The van der Waals surface area contributed by atoms with Crippen molar-refractivity contribution in [2.24, 2.45) is 0 Å². The average molecular weight is 412 g/mol. The minimum absolute atomic E-state index is 0.112. The summed E-state index contributed by atoms with van der Waals surface area (Å²) in [7, 11) is -2.66. The zero-order valence-electron chi connectivity index (χ0n) is 13.4. The number of rotatable bonds is 6. The van der Waals surface area contributed by atoms with E-state index in [-0.39, 0.29) is 11.4 Å². The molecule has 2 aromatic rings. The molecule has 0 radical (unpaired) electrons. The summed E-state index contributed by atoms with van der Waals surface area (Å²) in [6.07, 6.45) is 0.643. The Labute approximate surface area is 150 Å². The first kappa shape index (κ1) is 18.5. The second kappa shape index (κ2) is 7.81. The van der Waals surface area contributed by atoms with Gasteiger partial charge in [-0.2, -0.15) is 0 Å². The molecule has 7 heteroatoms. The molecule has 2 rings (SSSR count). The number of sulfonamides is 1. The molecule has 0 saturated heterocycles. The van der Waals surface area contributed by atoms with Crippen LogP contribution < -0.4 is 4.31 Å². The van der Waals surface area contributed by atoms with Gasteiger partial charge in [-0.25, -0.2) is 8.42 Å². The number of anilines is 1. The number of hydrogen-bond donors (Lipinski definition) is 0. The van der Waals surface area contributed by atoms with Crippen molar-refractivity contribution in [3.63, 3.8) is 0 Å². The van der Waals surface area contributed by atoms with E-state index in [0.29, 0.717) is 12.1 Å². The van der Waals surface area contributed by atoms with Gasteiger partial charge in [-0.05, 0) is 42.3 Å². The molecular weight excluding hydrogens is 394 g/mol. The van der Waals surface area contributed by atoms with Crippen LogP contribution in [0.3, 0.4) is 0 Å². The van der Waals surface area contributed by atoms with Crippen LogP contribution in [0.5, 0.6) is 0 Å². The molecule has 0 unspecified atom stereocenters. The molecule has 0 amide bonds.